The zero-order chi connectivity index (χ0) is 24.7. The zero-order valence-electron chi connectivity index (χ0n) is 19.3. The maximum Gasteiger partial charge on any atom is 0.324 e. The third-order valence-corrected chi connectivity index (χ3v) is 8.67. The Morgan fingerprint density at radius 1 is 1.15 bits per heavy atom. The Balaban J connectivity index is 1.44. The molecule has 0 N–H and O–H groups in total. The SMILES string of the molecule is CN1/C(=C\C(=O)COC(=O)C2CCCN2S(=O)(=O)c2ccc(Cl)cc2)C(C)(C)c2ccccc21. The summed E-state index contributed by atoms with van der Waals surface area (Å²) in [5.74, 6) is -1.08. The number of nitrogens with zero attached hydrogens (tertiary/aromatic N) is 2. The van der Waals surface area contributed by atoms with Gasteiger partial charge in [-0.15, -0.1) is 0 Å². The van der Waals surface area contributed by atoms with Gasteiger partial charge < -0.3 is 9.64 Å². The first-order chi connectivity index (χ1) is 16.0. The molecule has 0 saturated carbocycles. The monoisotopic (exact) mass is 502 g/mol. The second-order valence-electron chi connectivity index (χ2n) is 9.03. The minimum atomic E-state index is -3.89. The Labute approximate surface area is 205 Å². The van der Waals surface area contributed by atoms with E-state index in [1.165, 1.54) is 30.3 Å². The van der Waals surface area contributed by atoms with Crippen LogP contribution in [0.25, 0.3) is 0 Å². The number of benzene rings is 2. The number of esters is 1. The highest BCUT2D eigenvalue weighted by molar-refractivity contribution is 7.89. The second-order valence-corrected chi connectivity index (χ2v) is 11.4. The van der Waals surface area contributed by atoms with Gasteiger partial charge in [0.05, 0.1) is 4.90 Å². The van der Waals surface area contributed by atoms with Crippen molar-refractivity contribution in [2.75, 3.05) is 25.1 Å². The molecule has 2 aliphatic heterocycles. The van der Waals surface area contributed by atoms with Gasteiger partial charge in [0.1, 0.15) is 6.04 Å². The number of carbonyl (C=O) groups is 2. The van der Waals surface area contributed by atoms with Crippen molar-refractivity contribution in [3.05, 3.63) is 70.9 Å². The molecule has 2 aromatic carbocycles. The highest BCUT2D eigenvalue weighted by Crippen LogP contribution is 2.46. The van der Waals surface area contributed by atoms with Crippen molar-refractivity contribution >= 4 is 39.1 Å². The van der Waals surface area contributed by atoms with Crippen LogP contribution in [0.3, 0.4) is 0 Å². The van der Waals surface area contributed by atoms with Gasteiger partial charge in [-0.3, -0.25) is 9.59 Å². The molecule has 0 aliphatic carbocycles. The Bertz CT molecular complexity index is 1250. The largest absolute Gasteiger partial charge is 0.456 e. The number of allylic oxidation sites excluding steroid dienone is 1. The Morgan fingerprint density at radius 3 is 2.50 bits per heavy atom. The van der Waals surface area contributed by atoms with E-state index in [0.29, 0.717) is 17.9 Å². The summed E-state index contributed by atoms with van der Waals surface area (Å²) in [6, 6.07) is 12.8. The van der Waals surface area contributed by atoms with Crippen LogP contribution in [0.5, 0.6) is 0 Å². The molecule has 4 rings (SSSR count). The maximum atomic E-state index is 13.0. The summed E-state index contributed by atoms with van der Waals surface area (Å²) in [5, 5.41) is 0.420. The van der Waals surface area contributed by atoms with Gasteiger partial charge >= 0.3 is 5.97 Å². The molecule has 34 heavy (non-hydrogen) atoms. The van der Waals surface area contributed by atoms with Gasteiger partial charge in [-0.05, 0) is 48.7 Å². The smallest absolute Gasteiger partial charge is 0.324 e. The molecule has 1 fully saturated rings. The highest BCUT2D eigenvalue weighted by Gasteiger charge is 2.41. The first-order valence-corrected chi connectivity index (χ1v) is 12.9. The van der Waals surface area contributed by atoms with E-state index in [1.54, 1.807) is 0 Å². The van der Waals surface area contributed by atoms with E-state index >= 15 is 0 Å². The number of carbonyl (C=O) groups excluding carboxylic acids is 2. The van der Waals surface area contributed by atoms with Crippen LogP contribution in [0.1, 0.15) is 32.3 Å². The van der Waals surface area contributed by atoms with Crippen LogP contribution < -0.4 is 4.90 Å². The maximum absolute atomic E-state index is 13.0. The molecule has 7 nitrogen and oxygen atoms in total. The molecule has 1 atom stereocenters. The number of ether oxygens (including phenoxy) is 1. The molecule has 1 unspecified atom stereocenters. The van der Waals surface area contributed by atoms with Crippen molar-refractivity contribution in [2.45, 2.75) is 43.0 Å². The van der Waals surface area contributed by atoms with Crippen molar-refractivity contribution in [3.63, 3.8) is 0 Å². The first-order valence-electron chi connectivity index (χ1n) is 11.1. The summed E-state index contributed by atoms with van der Waals surface area (Å²) >= 11 is 5.86. The van der Waals surface area contributed by atoms with Crippen molar-refractivity contribution < 1.29 is 22.7 Å². The van der Waals surface area contributed by atoms with Crippen molar-refractivity contribution in [3.8, 4) is 0 Å². The van der Waals surface area contributed by atoms with Crippen LogP contribution in [-0.2, 0) is 29.8 Å². The third kappa shape index (κ3) is 4.37. The lowest BCUT2D eigenvalue weighted by Crippen LogP contribution is -2.41. The fourth-order valence-corrected chi connectivity index (χ4v) is 6.47. The van der Waals surface area contributed by atoms with Gasteiger partial charge in [-0.2, -0.15) is 4.31 Å². The van der Waals surface area contributed by atoms with E-state index in [2.05, 4.69) is 0 Å². The number of hydrogen-bond donors (Lipinski definition) is 0. The van der Waals surface area contributed by atoms with Crippen molar-refractivity contribution in [2.24, 2.45) is 0 Å². The van der Waals surface area contributed by atoms with Crippen LogP contribution in [-0.4, -0.2) is 50.7 Å². The van der Waals surface area contributed by atoms with Crippen LogP contribution >= 0.6 is 11.6 Å². The summed E-state index contributed by atoms with van der Waals surface area (Å²) in [6.45, 7) is 3.84. The standard InChI is InChI=1S/C25H27ClN2O5S/c1-25(2)20-7-4-5-8-21(20)27(3)23(25)15-18(29)16-33-24(30)22-9-6-14-28(22)34(31,32)19-12-10-17(26)11-13-19/h4-5,7-8,10-13,15,22H,6,9,14,16H2,1-3H3/b23-15-. The van der Waals surface area contributed by atoms with Crippen LogP contribution in [0.15, 0.2) is 65.2 Å². The average Bonchev–Trinajstić information content (AvgIpc) is 3.37. The normalized spacial score (nSPS) is 21.0. The molecule has 9 heteroatoms. The van der Waals surface area contributed by atoms with Crippen LogP contribution in [0, 0.1) is 0 Å². The zero-order valence-corrected chi connectivity index (χ0v) is 20.9. The molecular weight excluding hydrogens is 476 g/mol. The lowest BCUT2D eigenvalue weighted by atomic mass is 9.83. The van der Waals surface area contributed by atoms with Gasteiger partial charge in [0.2, 0.25) is 10.0 Å². The molecule has 0 amide bonds. The topological polar surface area (TPSA) is 84.0 Å². The van der Waals surface area contributed by atoms with E-state index in [9.17, 15) is 18.0 Å². The van der Waals surface area contributed by atoms with Crippen LogP contribution in [0.4, 0.5) is 5.69 Å². The van der Waals surface area contributed by atoms with E-state index in [-0.39, 0.29) is 22.6 Å². The molecule has 1 saturated heterocycles. The number of ketones is 1. The highest BCUT2D eigenvalue weighted by atomic mass is 35.5. The number of halogens is 1. The minimum absolute atomic E-state index is 0.0588. The number of likely N-dealkylation sites (N-methyl/N-ethyl adjacent to an activating group) is 1. The average molecular weight is 503 g/mol. The Morgan fingerprint density at radius 2 is 1.82 bits per heavy atom. The van der Waals surface area contributed by atoms with Gasteiger partial charge in [0.25, 0.3) is 0 Å². The lowest BCUT2D eigenvalue weighted by Gasteiger charge is -2.24. The van der Waals surface area contributed by atoms with E-state index in [1.807, 2.05) is 50.1 Å². The predicted octanol–water partition coefficient (Wildman–Crippen LogP) is 3.92. The quantitative estimate of drug-likeness (QED) is 0.440. The molecular formula is C25H27ClN2O5S. The second kappa shape index (κ2) is 9.17. The summed E-state index contributed by atoms with van der Waals surface area (Å²) in [5.41, 5.74) is 2.57. The molecule has 2 heterocycles. The number of sulfonamides is 1. The fourth-order valence-electron chi connectivity index (χ4n) is 4.70. The first kappa shape index (κ1) is 24.4. The van der Waals surface area contributed by atoms with E-state index in [4.69, 9.17) is 16.3 Å². The minimum Gasteiger partial charge on any atom is -0.456 e. The number of hydrogen-bond acceptors (Lipinski definition) is 6. The van der Waals surface area contributed by atoms with Crippen molar-refractivity contribution in [1.82, 2.24) is 4.31 Å². The molecule has 2 aromatic rings. The van der Waals surface area contributed by atoms with Gasteiger partial charge in [0, 0.05) is 41.5 Å². The molecule has 0 radical (unpaired) electrons. The summed E-state index contributed by atoms with van der Waals surface area (Å²) in [6.07, 6.45) is 2.37. The van der Waals surface area contributed by atoms with Crippen molar-refractivity contribution in [1.29, 1.82) is 0 Å². The Kier molecular flexibility index (Phi) is 6.59. The summed E-state index contributed by atoms with van der Waals surface area (Å²) in [4.78, 5) is 27.5. The third-order valence-electron chi connectivity index (χ3n) is 6.49. The summed E-state index contributed by atoms with van der Waals surface area (Å²) in [7, 11) is -1.99. The van der Waals surface area contributed by atoms with Crippen LogP contribution in [0.2, 0.25) is 5.02 Å². The number of anilines is 1. The molecule has 180 valence electrons. The number of rotatable bonds is 6. The fraction of sp³-hybridized carbons (Fsp3) is 0.360. The Hall–Kier alpha value is -2.68. The van der Waals surface area contributed by atoms with Gasteiger partial charge in [0.15, 0.2) is 12.4 Å². The number of para-hydroxylation sites is 1. The molecule has 0 bridgehead atoms. The molecule has 0 spiro atoms. The van der Waals surface area contributed by atoms with Gasteiger partial charge in [-0.1, -0.05) is 43.6 Å². The molecule has 2 aliphatic rings. The molecule has 0 aromatic heterocycles. The summed E-state index contributed by atoms with van der Waals surface area (Å²) < 4.78 is 32.5. The van der Waals surface area contributed by atoms with E-state index < -0.39 is 28.6 Å². The lowest BCUT2D eigenvalue weighted by molar-refractivity contribution is -0.150. The predicted molar refractivity (Wildman–Crippen MR) is 130 cm³/mol. The van der Waals surface area contributed by atoms with Gasteiger partial charge in [-0.25, -0.2) is 8.42 Å². The number of fused-ring (bicyclic) bond motifs is 1. The van der Waals surface area contributed by atoms with E-state index in [0.717, 1.165) is 21.3 Å².